The molecule has 16 heavy (non-hydrogen) atoms. The Labute approximate surface area is 87.6 Å². The summed E-state index contributed by atoms with van der Waals surface area (Å²) in [6.07, 6.45) is -5.82. The number of nitrogens with one attached hydrogen (secondary N) is 1. The molecule has 0 atom stereocenters. The van der Waals surface area contributed by atoms with E-state index >= 15 is 0 Å². The smallest absolute Gasteiger partial charge is 0.393 e. The van der Waals surface area contributed by atoms with Gasteiger partial charge in [-0.2, -0.15) is 22.0 Å². The van der Waals surface area contributed by atoms with Gasteiger partial charge >= 0.3 is 12.1 Å². The number of carbonyl (C=O) groups excluding carboxylic acids is 1. The highest BCUT2D eigenvalue weighted by Crippen LogP contribution is 2.35. The minimum absolute atomic E-state index is 0.233. The van der Waals surface area contributed by atoms with Crippen LogP contribution in [0.4, 0.5) is 22.0 Å². The van der Waals surface area contributed by atoms with Crippen molar-refractivity contribution >= 4 is 5.91 Å². The van der Waals surface area contributed by atoms with Crippen molar-refractivity contribution < 1.29 is 31.9 Å². The monoisotopic (exact) mass is 247 g/mol. The standard InChI is InChI=1S/C8H10F5NO2/c9-7(10,8(11,12)13)6(16)14-3-4-1-5(15)2-4/h4-5,15H,1-3H2,(H,14,16). The van der Waals surface area contributed by atoms with Crippen molar-refractivity contribution in [3.05, 3.63) is 0 Å². The van der Waals surface area contributed by atoms with Gasteiger partial charge in [-0.25, -0.2) is 0 Å². The van der Waals surface area contributed by atoms with E-state index in [1.54, 1.807) is 0 Å². The maximum atomic E-state index is 12.4. The Morgan fingerprint density at radius 1 is 1.25 bits per heavy atom. The Balaban J connectivity index is 2.40. The molecule has 0 aromatic carbocycles. The van der Waals surface area contributed by atoms with Gasteiger partial charge in [0.25, 0.3) is 5.91 Å². The number of carbonyl (C=O) groups is 1. The third kappa shape index (κ3) is 2.60. The maximum absolute atomic E-state index is 12.4. The molecular formula is C8H10F5NO2. The largest absolute Gasteiger partial charge is 0.463 e. The van der Waals surface area contributed by atoms with Gasteiger partial charge in [0.1, 0.15) is 0 Å². The molecule has 0 unspecified atom stereocenters. The molecule has 0 spiro atoms. The Morgan fingerprint density at radius 2 is 1.75 bits per heavy atom. The van der Waals surface area contributed by atoms with Crippen molar-refractivity contribution in [2.75, 3.05) is 6.54 Å². The number of rotatable bonds is 3. The average Bonchev–Trinajstić information content (AvgIpc) is 2.07. The zero-order chi connectivity index (χ0) is 12.6. The van der Waals surface area contributed by atoms with Gasteiger partial charge in [-0.3, -0.25) is 4.79 Å². The van der Waals surface area contributed by atoms with Crippen LogP contribution in [0.3, 0.4) is 0 Å². The van der Waals surface area contributed by atoms with Gasteiger partial charge in [-0.1, -0.05) is 0 Å². The first-order chi connectivity index (χ1) is 7.14. The fraction of sp³-hybridized carbons (Fsp3) is 0.875. The quantitative estimate of drug-likeness (QED) is 0.733. The number of aliphatic hydroxyl groups is 1. The molecule has 1 aliphatic rings. The maximum Gasteiger partial charge on any atom is 0.463 e. The Kier molecular flexibility index (Phi) is 3.41. The molecule has 0 aromatic rings. The summed E-state index contributed by atoms with van der Waals surface area (Å²) in [4.78, 5) is 10.6. The molecule has 1 amide bonds. The number of alkyl halides is 5. The van der Waals surface area contributed by atoms with Gasteiger partial charge in [0.2, 0.25) is 0 Å². The first-order valence-corrected chi connectivity index (χ1v) is 4.55. The van der Waals surface area contributed by atoms with Crippen LogP contribution in [0.15, 0.2) is 0 Å². The third-order valence-corrected chi connectivity index (χ3v) is 2.40. The molecule has 1 aliphatic carbocycles. The Morgan fingerprint density at radius 3 is 2.12 bits per heavy atom. The van der Waals surface area contributed by atoms with Crippen LogP contribution in [0.5, 0.6) is 0 Å². The van der Waals surface area contributed by atoms with Crippen LogP contribution in [-0.4, -0.2) is 35.8 Å². The SMILES string of the molecule is O=C(NCC1CC(O)C1)C(F)(F)C(F)(F)F. The zero-order valence-electron chi connectivity index (χ0n) is 8.02. The van der Waals surface area contributed by atoms with Crippen LogP contribution in [0, 0.1) is 5.92 Å². The van der Waals surface area contributed by atoms with Crippen LogP contribution in [0.25, 0.3) is 0 Å². The number of hydrogen-bond donors (Lipinski definition) is 2. The van der Waals surface area contributed by atoms with Crippen molar-refractivity contribution in [3.63, 3.8) is 0 Å². The van der Waals surface area contributed by atoms with Gasteiger partial charge in [0.05, 0.1) is 6.10 Å². The minimum atomic E-state index is -5.88. The van der Waals surface area contributed by atoms with Crippen LogP contribution in [0.2, 0.25) is 0 Å². The summed E-state index contributed by atoms with van der Waals surface area (Å²) in [6.45, 7) is -0.276. The van der Waals surface area contributed by atoms with Gasteiger partial charge in [0, 0.05) is 6.54 Å². The van der Waals surface area contributed by atoms with Crippen LogP contribution in [0.1, 0.15) is 12.8 Å². The second-order valence-electron chi connectivity index (χ2n) is 3.77. The van der Waals surface area contributed by atoms with Crippen molar-refractivity contribution in [2.45, 2.75) is 31.0 Å². The molecule has 0 saturated heterocycles. The molecule has 8 heteroatoms. The second-order valence-corrected chi connectivity index (χ2v) is 3.77. The van der Waals surface area contributed by atoms with Crippen molar-refractivity contribution in [2.24, 2.45) is 5.92 Å². The molecule has 3 nitrogen and oxygen atoms in total. The fourth-order valence-electron chi connectivity index (χ4n) is 1.34. The molecular weight excluding hydrogens is 237 g/mol. The second kappa shape index (κ2) is 4.15. The van der Waals surface area contributed by atoms with Crippen LogP contribution < -0.4 is 5.32 Å². The van der Waals surface area contributed by atoms with Gasteiger partial charge in [-0.05, 0) is 18.8 Å². The highest BCUT2D eigenvalue weighted by molar-refractivity contribution is 5.84. The lowest BCUT2D eigenvalue weighted by Gasteiger charge is -2.31. The topological polar surface area (TPSA) is 49.3 Å². The van der Waals surface area contributed by atoms with Crippen molar-refractivity contribution in [1.29, 1.82) is 0 Å². The van der Waals surface area contributed by atoms with Crippen molar-refractivity contribution in [1.82, 2.24) is 5.32 Å². The lowest BCUT2D eigenvalue weighted by Crippen LogP contribution is -2.52. The molecule has 1 rings (SSSR count). The van der Waals surface area contributed by atoms with E-state index in [9.17, 15) is 26.7 Å². The normalized spacial score (nSPS) is 26.1. The van der Waals surface area contributed by atoms with Crippen LogP contribution in [-0.2, 0) is 4.79 Å². The Bertz CT molecular complexity index is 272. The lowest BCUT2D eigenvalue weighted by molar-refractivity contribution is -0.269. The van der Waals surface area contributed by atoms with E-state index in [-0.39, 0.29) is 12.5 Å². The lowest BCUT2D eigenvalue weighted by atomic mass is 9.82. The predicted molar refractivity (Wildman–Crippen MR) is 42.7 cm³/mol. The summed E-state index contributed by atoms with van der Waals surface area (Å²) in [5.74, 6) is -7.94. The molecule has 0 aromatic heterocycles. The minimum Gasteiger partial charge on any atom is -0.393 e. The molecule has 1 fully saturated rings. The number of amides is 1. The number of halogens is 5. The predicted octanol–water partition coefficient (Wildman–Crippen LogP) is 1.07. The van der Waals surface area contributed by atoms with E-state index in [1.165, 1.54) is 5.32 Å². The summed E-state index contributed by atoms with van der Waals surface area (Å²) < 4.78 is 59.9. The van der Waals surface area contributed by atoms with Crippen molar-refractivity contribution in [3.8, 4) is 0 Å². The fourth-order valence-corrected chi connectivity index (χ4v) is 1.34. The highest BCUT2D eigenvalue weighted by atomic mass is 19.4. The van der Waals surface area contributed by atoms with Gasteiger partial charge in [-0.15, -0.1) is 0 Å². The molecule has 0 bridgehead atoms. The summed E-state index contributed by atoms with van der Waals surface area (Å²) in [7, 11) is 0. The molecule has 2 N–H and O–H groups in total. The molecule has 0 aliphatic heterocycles. The summed E-state index contributed by atoms with van der Waals surface area (Å²) in [5, 5.41) is 10.4. The zero-order valence-corrected chi connectivity index (χ0v) is 8.02. The van der Waals surface area contributed by atoms with E-state index < -0.39 is 24.1 Å². The summed E-state index contributed by atoms with van der Waals surface area (Å²) >= 11 is 0. The molecule has 0 heterocycles. The van der Waals surface area contributed by atoms with Gasteiger partial charge in [0.15, 0.2) is 0 Å². The molecule has 94 valence electrons. The summed E-state index contributed by atoms with van der Waals surface area (Å²) in [5.41, 5.74) is 0. The first kappa shape index (κ1) is 13.1. The van der Waals surface area contributed by atoms with Gasteiger partial charge < -0.3 is 10.4 Å². The van der Waals surface area contributed by atoms with E-state index in [1.807, 2.05) is 0 Å². The van der Waals surface area contributed by atoms with E-state index in [4.69, 9.17) is 5.11 Å². The molecule has 0 radical (unpaired) electrons. The third-order valence-electron chi connectivity index (χ3n) is 2.40. The molecule has 1 saturated carbocycles. The highest BCUT2D eigenvalue weighted by Gasteiger charge is 2.63. The van der Waals surface area contributed by atoms with E-state index in [0.29, 0.717) is 12.8 Å². The summed E-state index contributed by atoms with van der Waals surface area (Å²) in [6, 6.07) is 0. The Hall–Kier alpha value is -0.920. The van der Waals surface area contributed by atoms with E-state index in [0.717, 1.165) is 0 Å². The first-order valence-electron chi connectivity index (χ1n) is 4.55. The number of hydrogen-bond acceptors (Lipinski definition) is 2. The van der Waals surface area contributed by atoms with E-state index in [2.05, 4.69) is 0 Å². The average molecular weight is 247 g/mol. The number of aliphatic hydroxyl groups excluding tert-OH is 1. The van der Waals surface area contributed by atoms with Crippen LogP contribution >= 0.6 is 0 Å².